The first-order valence-corrected chi connectivity index (χ1v) is 4.59. The molecule has 1 N–H and O–H groups in total. The van der Waals surface area contributed by atoms with E-state index in [0.29, 0.717) is 0 Å². The number of hydrogen-bond acceptors (Lipinski definition) is 2. The standard InChI is InChI=1S/C7H10N3.C3H4N2/c1-7(5-8)10-4-3-9(2)6-10;1-2-5-3-4-1/h3-4,6-7H,1-2H3;1-3H,(H,4,5)/q+1;. The second-order valence-electron chi connectivity index (χ2n) is 3.09. The lowest BCUT2D eigenvalue weighted by Gasteiger charge is -1.92. The highest BCUT2D eigenvalue weighted by molar-refractivity contribution is 4.87. The SMILES string of the molecule is CC(C#N)n1cc[n+](C)c1.c1c[nH]cn1. The van der Waals surface area contributed by atoms with Crippen LogP contribution >= 0.6 is 0 Å². The zero-order valence-electron chi connectivity index (χ0n) is 8.83. The molecule has 78 valence electrons. The molecule has 2 heterocycles. The lowest BCUT2D eigenvalue weighted by atomic mass is 10.4. The minimum Gasteiger partial charge on any atom is -0.351 e. The van der Waals surface area contributed by atoms with Crippen LogP contribution in [0.2, 0.25) is 0 Å². The first kappa shape index (κ1) is 11.0. The van der Waals surface area contributed by atoms with Crippen molar-refractivity contribution >= 4 is 0 Å². The number of nitriles is 1. The summed E-state index contributed by atoms with van der Waals surface area (Å²) in [6, 6.07) is 2.08. The van der Waals surface area contributed by atoms with Crippen LogP contribution in [-0.2, 0) is 7.05 Å². The van der Waals surface area contributed by atoms with Crippen LogP contribution in [0.15, 0.2) is 37.4 Å². The Bertz CT molecular complexity index is 392. The summed E-state index contributed by atoms with van der Waals surface area (Å²) < 4.78 is 3.77. The molecule has 0 aliphatic heterocycles. The maximum atomic E-state index is 8.52. The van der Waals surface area contributed by atoms with Gasteiger partial charge in [0.2, 0.25) is 6.33 Å². The smallest absolute Gasteiger partial charge is 0.244 e. The van der Waals surface area contributed by atoms with E-state index >= 15 is 0 Å². The number of imidazole rings is 2. The van der Waals surface area contributed by atoms with Crippen molar-refractivity contribution in [3.8, 4) is 6.07 Å². The lowest BCUT2D eigenvalue weighted by Crippen LogP contribution is -2.24. The predicted octanol–water partition coefficient (Wildman–Crippen LogP) is 0.807. The second-order valence-corrected chi connectivity index (χ2v) is 3.09. The van der Waals surface area contributed by atoms with Crippen LogP contribution in [0.4, 0.5) is 0 Å². The van der Waals surface area contributed by atoms with Gasteiger partial charge in [0, 0.05) is 12.4 Å². The van der Waals surface area contributed by atoms with Gasteiger partial charge in [-0.1, -0.05) is 0 Å². The number of H-pyrrole nitrogens is 1. The minimum absolute atomic E-state index is 0.0683. The maximum absolute atomic E-state index is 8.52. The highest BCUT2D eigenvalue weighted by atomic mass is 15.1. The van der Waals surface area contributed by atoms with Crippen molar-refractivity contribution in [2.75, 3.05) is 0 Å². The molecule has 2 aromatic rings. The summed E-state index contributed by atoms with van der Waals surface area (Å²) in [7, 11) is 1.93. The highest BCUT2D eigenvalue weighted by Crippen LogP contribution is 1.99. The van der Waals surface area contributed by atoms with E-state index in [1.807, 2.05) is 41.8 Å². The van der Waals surface area contributed by atoms with Crippen LogP contribution in [0, 0.1) is 11.3 Å². The topological polar surface area (TPSA) is 61.3 Å². The first-order valence-electron chi connectivity index (χ1n) is 4.59. The van der Waals surface area contributed by atoms with E-state index in [2.05, 4.69) is 16.0 Å². The zero-order chi connectivity index (χ0) is 11.1. The summed E-state index contributed by atoms with van der Waals surface area (Å²) in [6.45, 7) is 1.86. The van der Waals surface area contributed by atoms with E-state index in [4.69, 9.17) is 5.26 Å². The second kappa shape index (κ2) is 5.60. The Morgan fingerprint density at radius 2 is 2.40 bits per heavy atom. The van der Waals surface area contributed by atoms with Gasteiger partial charge < -0.3 is 4.98 Å². The molecule has 5 nitrogen and oxygen atoms in total. The van der Waals surface area contributed by atoms with Gasteiger partial charge in [0.05, 0.1) is 13.4 Å². The van der Waals surface area contributed by atoms with Gasteiger partial charge in [0.15, 0.2) is 6.04 Å². The molecule has 0 spiro atoms. The van der Waals surface area contributed by atoms with Crippen molar-refractivity contribution in [2.45, 2.75) is 13.0 Å². The summed E-state index contributed by atoms with van der Waals surface area (Å²) in [5, 5.41) is 8.52. The predicted molar refractivity (Wildman–Crippen MR) is 54.5 cm³/mol. The summed E-state index contributed by atoms with van der Waals surface area (Å²) in [5.41, 5.74) is 0. The first-order chi connectivity index (χ1) is 7.24. The summed E-state index contributed by atoms with van der Waals surface area (Å²) in [5.74, 6) is 0. The van der Waals surface area contributed by atoms with Gasteiger partial charge in [-0.3, -0.25) is 0 Å². The Morgan fingerprint density at radius 1 is 1.60 bits per heavy atom. The van der Waals surface area contributed by atoms with Crippen LogP contribution in [0.5, 0.6) is 0 Å². The van der Waals surface area contributed by atoms with E-state index in [0.717, 1.165) is 0 Å². The van der Waals surface area contributed by atoms with Gasteiger partial charge in [-0.15, -0.1) is 0 Å². The van der Waals surface area contributed by atoms with Gasteiger partial charge in [0.25, 0.3) is 0 Å². The van der Waals surface area contributed by atoms with Crippen molar-refractivity contribution in [2.24, 2.45) is 7.05 Å². The largest absolute Gasteiger partial charge is 0.351 e. The van der Waals surface area contributed by atoms with Gasteiger partial charge in [-0.2, -0.15) is 5.26 Å². The molecule has 0 saturated carbocycles. The minimum atomic E-state index is -0.0683. The molecule has 0 saturated heterocycles. The number of hydrogen-bond donors (Lipinski definition) is 1. The number of rotatable bonds is 1. The molecule has 0 bridgehead atoms. The fraction of sp³-hybridized carbons (Fsp3) is 0.300. The Balaban J connectivity index is 0.000000187. The number of aromatic amines is 1. The Morgan fingerprint density at radius 3 is 2.73 bits per heavy atom. The molecule has 15 heavy (non-hydrogen) atoms. The van der Waals surface area contributed by atoms with Crippen molar-refractivity contribution in [1.29, 1.82) is 5.26 Å². The summed E-state index contributed by atoms with van der Waals surface area (Å²) in [4.78, 5) is 6.42. The molecule has 2 aromatic heterocycles. The fourth-order valence-corrected chi connectivity index (χ4v) is 0.980. The molecule has 0 amide bonds. The van der Waals surface area contributed by atoms with Crippen LogP contribution in [-0.4, -0.2) is 14.5 Å². The molecule has 0 aliphatic rings. The third-order valence-corrected chi connectivity index (χ3v) is 1.83. The summed E-state index contributed by atoms with van der Waals surface area (Å²) in [6.07, 6.45) is 10.8. The molecule has 1 unspecified atom stereocenters. The van der Waals surface area contributed by atoms with E-state index in [-0.39, 0.29) is 6.04 Å². The monoisotopic (exact) mass is 204 g/mol. The molecular weight excluding hydrogens is 190 g/mol. The van der Waals surface area contributed by atoms with Crippen LogP contribution < -0.4 is 4.57 Å². The van der Waals surface area contributed by atoms with E-state index in [9.17, 15) is 0 Å². The lowest BCUT2D eigenvalue weighted by molar-refractivity contribution is -0.671. The van der Waals surface area contributed by atoms with Gasteiger partial charge in [-0.25, -0.2) is 14.1 Å². The molecule has 0 fully saturated rings. The van der Waals surface area contributed by atoms with Gasteiger partial charge >= 0.3 is 0 Å². The molecular formula is C10H14N5+. The number of nitrogens with one attached hydrogen (secondary N) is 1. The van der Waals surface area contributed by atoms with Crippen LogP contribution in [0.3, 0.4) is 0 Å². The van der Waals surface area contributed by atoms with Gasteiger partial charge in [0.1, 0.15) is 18.5 Å². The molecule has 1 atom stereocenters. The molecule has 5 heteroatoms. The Hall–Kier alpha value is -2.09. The van der Waals surface area contributed by atoms with Crippen LogP contribution in [0.1, 0.15) is 13.0 Å². The number of aryl methyl sites for hydroxylation is 1. The average molecular weight is 204 g/mol. The molecule has 0 aromatic carbocycles. The van der Waals surface area contributed by atoms with E-state index < -0.39 is 0 Å². The highest BCUT2D eigenvalue weighted by Gasteiger charge is 2.06. The van der Waals surface area contributed by atoms with E-state index in [1.165, 1.54) is 0 Å². The quantitative estimate of drug-likeness (QED) is 0.699. The van der Waals surface area contributed by atoms with Crippen LogP contribution in [0.25, 0.3) is 0 Å². The van der Waals surface area contributed by atoms with Crippen molar-refractivity contribution in [3.05, 3.63) is 37.4 Å². The molecule has 0 radical (unpaired) electrons. The molecule has 2 rings (SSSR count). The van der Waals surface area contributed by atoms with Gasteiger partial charge in [-0.05, 0) is 6.92 Å². The normalized spacial score (nSPS) is 11.0. The zero-order valence-corrected chi connectivity index (χ0v) is 8.83. The van der Waals surface area contributed by atoms with Crippen molar-refractivity contribution < 1.29 is 4.57 Å². The molecule has 0 aliphatic carbocycles. The third-order valence-electron chi connectivity index (χ3n) is 1.83. The Kier molecular flexibility index (Phi) is 4.10. The van der Waals surface area contributed by atoms with E-state index in [1.54, 1.807) is 18.7 Å². The van der Waals surface area contributed by atoms with Crippen molar-refractivity contribution in [1.82, 2.24) is 14.5 Å². The Labute approximate surface area is 88.6 Å². The number of aromatic nitrogens is 4. The summed E-state index contributed by atoms with van der Waals surface area (Å²) >= 11 is 0. The maximum Gasteiger partial charge on any atom is 0.244 e. The number of nitrogens with zero attached hydrogens (tertiary/aromatic N) is 4. The average Bonchev–Trinajstić information content (AvgIpc) is 2.89. The third kappa shape index (κ3) is 3.65. The fourth-order valence-electron chi connectivity index (χ4n) is 0.980. The van der Waals surface area contributed by atoms with Crippen molar-refractivity contribution in [3.63, 3.8) is 0 Å².